The van der Waals surface area contributed by atoms with Crippen LogP contribution in [0.25, 0.3) is 0 Å². The first kappa shape index (κ1) is 19.4. The van der Waals surface area contributed by atoms with Crippen molar-refractivity contribution in [1.82, 2.24) is 0 Å². The van der Waals surface area contributed by atoms with Crippen molar-refractivity contribution >= 4 is 5.97 Å². The molecule has 1 aliphatic rings. The summed E-state index contributed by atoms with van der Waals surface area (Å²) in [6.45, 7) is 2.21. The maximum absolute atomic E-state index is 14.0. The first-order chi connectivity index (χ1) is 11.5. The molecule has 1 heterocycles. The molecule has 9 heteroatoms. The molecule has 4 unspecified atom stereocenters. The molecule has 1 aliphatic heterocycles. The van der Waals surface area contributed by atoms with E-state index < -0.39 is 53.1 Å². The number of ether oxygens (including phenoxy) is 2. The largest absolute Gasteiger partial charge is 0.493 e. The molecule has 25 heavy (non-hydrogen) atoms. The van der Waals surface area contributed by atoms with Gasteiger partial charge < -0.3 is 14.6 Å². The molecule has 0 saturated carbocycles. The van der Waals surface area contributed by atoms with Gasteiger partial charge in [-0.2, -0.15) is 17.6 Å². The lowest BCUT2D eigenvalue weighted by Gasteiger charge is -2.33. The van der Waals surface area contributed by atoms with E-state index in [1.54, 1.807) is 0 Å². The van der Waals surface area contributed by atoms with E-state index in [1.807, 2.05) is 0 Å². The van der Waals surface area contributed by atoms with Crippen molar-refractivity contribution in [3.63, 3.8) is 0 Å². The maximum Gasteiger partial charge on any atom is 0.417 e. The molecule has 140 valence electrons. The number of carboxylic acids is 1. The van der Waals surface area contributed by atoms with Crippen LogP contribution in [-0.2, 0) is 9.53 Å². The first-order valence-corrected chi connectivity index (χ1v) is 7.48. The van der Waals surface area contributed by atoms with E-state index >= 15 is 0 Å². The fraction of sp³-hybridized carbons (Fsp3) is 0.562. The Morgan fingerprint density at radius 3 is 2.40 bits per heavy atom. The van der Waals surface area contributed by atoms with E-state index in [9.17, 15) is 31.9 Å². The van der Waals surface area contributed by atoms with Crippen LogP contribution in [0.3, 0.4) is 0 Å². The number of rotatable bonds is 4. The van der Waals surface area contributed by atoms with Gasteiger partial charge in [-0.15, -0.1) is 0 Å². The molecule has 4 nitrogen and oxygen atoms in total. The summed E-state index contributed by atoms with van der Waals surface area (Å²) in [7, 11) is 1.02. The maximum atomic E-state index is 14.0. The highest BCUT2D eigenvalue weighted by Crippen LogP contribution is 2.56. The molecular formula is C16H17F5O4. The molecule has 2 rings (SSSR count). The Hall–Kier alpha value is -1.90. The van der Waals surface area contributed by atoms with Gasteiger partial charge in [0.2, 0.25) is 5.82 Å². The van der Waals surface area contributed by atoms with Crippen LogP contribution in [0.1, 0.15) is 31.7 Å². The van der Waals surface area contributed by atoms with E-state index in [2.05, 4.69) is 0 Å². The lowest BCUT2D eigenvalue weighted by atomic mass is 9.74. The fourth-order valence-electron chi connectivity index (χ4n) is 3.50. The van der Waals surface area contributed by atoms with Crippen molar-refractivity contribution in [1.29, 1.82) is 0 Å². The van der Waals surface area contributed by atoms with Gasteiger partial charge in [-0.25, -0.2) is 9.18 Å². The number of alkyl halides is 3. The minimum absolute atomic E-state index is 0.0907. The van der Waals surface area contributed by atoms with Crippen LogP contribution in [0.4, 0.5) is 22.0 Å². The number of benzene rings is 1. The second kappa shape index (κ2) is 6.44. The van der Waals surface area contributed by atoms with Gasteiger partial charge in [-0.05, 0) is 19.4 Å². The molecule has 0 spiro atoms. The van der Waals surface area contributed by atoms with E-state index in [0.717, 1.165) is 26.2 Å². The predicted octanol–water partition coefficient (Wildman–Crippen LogP) is 3.89. The molecule has 0 aliphatic carbocycles. The van der Waals surface area contributed by atoms with Crippen molar-refractivity contribution in [3.8, 4) is 5.75 Å². The number of carboxylic acid groups (broad SMARTS) is 1. The zero-order chi connectivity index (χ0) is 19.2. The zero-order valence-electron chi connectivity index (χ0n) is 13.7. The number of carbonyl (C=O) groups is 1. The van der Waals surface area contributed by atoms with Crippen LogP contribution in [-0.4, -0.2) is 36.1 Å². The Labute approximate surface area is 140 Å². The second-order valence-corrected chi connectivity index (χ2v) is 6.01. The van der Waals surface area contributed by atoms with Gasteiger partial charge in [0, 0.05) is 17.4 Å². The van der Waals surface area contributed by atoms with Crippen molar-refractivity contribution in [3.05, 3.63) is 29.3 Å². The average Bonchev–Trinajstić information content (AvgIpc) is 2.83. The second-order valence-electron chi connectivity index (χ2n) is 6.01. The number of methoxy groups -OCH3 is 1. The number of hydrogen-bond donors (Lipinski definition) is 1. The Bertz CT molecular complexity index is 675. The van der Waals surface area contributed by atoms with E-state index in [1.165, 1.54) is 6.92 Å². The third-order valence-corrected chi connectivity index (χ3v) is 4.73. The first-order valence-electron chi connectivity index (χ1n) is 7.48. The smallest absolute Gasteiger partial charge is 0.417 e. The molecule has 1 aromatic carbocycles. The van der Waals surface area contributed by atoms with Crippen LogP contribution in [0.5, 0.6) is 5.75 Å². The van der Waals surface area contributed by atoms with Gasteiger partial charge >= 0.3 is 12.1 Å². The standard InChI is InChI=1S/C16H17F5O4/c1-4-8-10(7-5-6-9(17)11(18)12(7)24-3)13(14(22)23)25-15(8,2)16(19,20)21/h5-6,8,10,13H,4H2,1-3H3,(H,22,23). The monoisotopic (exact) mass is 368 g/mol. The summed E-state index contributed by atoms with van der Waals surface area (Å²) in [5.74, 6) is -7.57. The highest BCUT2D eigenvalue weighted by atomic mass is 19.4. The molecule has 0 aromatic heterocycles. The lowest BCUT2D eigenvalue weighted by Crippen LogP contribution is -2.47. The van der Waals surface area contributed by atoms with E-state index in [4.69, 9.17) is 9.47 Å². The Morgan fingerprint density at radius 1 is 1.36 bits per heavy atom. The summed E-state index contributed by atoms with van der Waals surface area (Å²) in [6, 6.07) is 1.76. The van der Waals surface area contributed by atoms with Gasteiger partial charge in [0.25, 0.3) is 0 Å². The van der Waals surface area contributed by atoms with Gasteiger partial charge in [0.05, 0.1) is 7.11 Å². The molecule has 0 radical (unpaired) electrons. The molecular weight excluding hydrogens is 351 g/mol. The topological polar surface area (TPSA) is 55.8 Å². The summed E-state index contributed by atoms with van der Waals surface area (Å²) < 4.78 is 77.8. The molecule has 0 amide bonds. The van der Waals surface area contributed by atoms with Gasteiger partial charge in [-0.3, -0.25) is 0 Å². The quantitative estimate of drug-likeness (QED) is 0.820. The summed E-state index contributed by atoms with van der Waals surface area (Å²) >= 11 is 0. The van der Waals surface area contributed by atoms with E-state index in [0.29, 0.717) is 0 Å². The van der Waals surface area contributed by atoms with Crippen molar-refractivity contribution in [2.75, 3.05) is 7.11 Å². The highest BCUT2D eigenvalue weighted by molar-refractivity contribution is 5.75. The molecule has 0 bridgehead atoms. The normalized spacial score (nSPS) is 29.7. The molecule has 1 saturated heterocycles. The minimum Gasteiger partial charge on any atom is -0.493 e. The SMILES string of the molecule is CCC1C(c2ccc(F)c(F)c2OC)C(C(=O)O)OC1(C)C(F)(F)F. The predicted molar refractivity (Wildman–Crippen MR) is 76.4 cm³/mol. The van der Waals surface area contributed by atoms with Crippen molar-refractivity contribution in [2.24, 2.45) is 5.92 Å². The van der Waals surface area contributed by atoms with Gasteiger partial charge in [0.1, 0.15) is 0 Å². The minimum atomic E-state index is -4.85. The van der Waals surface area contributed by atoms with Crippen molar-refractivity contribution in [2.45, 2.75) is 44.1 Å². The lowest BCUT2D eigenvalue weighted by molar-refractivity contribution is -0.275. The summed E-state index contributed by atoms with van der Waals surface area (Å²) in [6.07, 6.45) is -6.82. The Morgan fingerprint density at radius 2 is 1.96 bits per heavy atom. The third-order valence-electron chi connectivity index (χ3n) is 4.73. The Kier molecular flexibility index (Phi) is 5.00. The average molecular weight is 368 g/mol. The van der Waals surface area contributed by atoms with Crippen LogP contribution in [0, 0.1) is 17.6 Å². The number of aliphatic carboxylic acids is 1. The van der Waals surface area contributed by atoms with Gasteiger partial charge in [0.15, 0.2) is 23.3 Å². The molecule has 1 fully saturated rings. The van der Waals surface area contributed by atoms with Crippen LogP contribution < -0.4 is 4.74 Å². The Balaban J connectivity index is 2.69. The summed E-state index contributed by atoms with van der Waals surface area (Å²) in [4.78, 5) is 11.5. The molecule has 1 aromatic rings. The summed E-state index contributed by atoms with van der Waals surface area (Å²) in [5.41, 5.74) is -2.92. The zero-order valence-corrected chi connectivity index (χ0v) is 13.7. The van der Waals surface area contributed by atoms with Crippen molar-refractivity contribution < 1.29 is 41.3 Å². The third kappa shape index (κ3) is 2.94. The number of hydrogen-bond acceptors (Lipinski definition) is 3. The molecule has 4 atom stereocenters. The van der Waals surface area contributed by atoms with Crippen LogP contribution >= 0.6 is 0 Å². The van der Waals surface area contributed by atoms with E-state index in [-0.39, 0.29) is 12.0 Å². The highest BCUT2D eigenvalue weighted by Gasteiger charge is 2.66. The number of halogens is 5. The van der Waals surface area contributed by atoms with Crippen LogP contribution in [0.15, 0.2) is 12.1 Å². The molecule has 1 N–H and O–H groups in total. The van der Waals surface area contributed by atoms with Gasteiger partial charge in [-0.1, -0.05) is 13.0 Å². The van der Waals surface area contributed by atoms with Crippen LogP contribution in [0.2, 0.25) is 0 Å². The fourth-order valence-corrected chi connectivity index (χ4v) is 3.50. The summed E-state index contributed by atoms with van der Waals surface area (Å²) in [5, 5.41) is 9.34.